The third-order valence-electron chi connectivity index (χ3n) is 4.23. The van der Waals surface area contributed by atoms with Crippen LogP contribution in [-0.4, -0.2) is 38.5 Å². The summed E-state index contributed by atoms with van der Waals surface area (Å²) in [6.07, 6.45) is 5.02. The average Bonchev–Trinajstić information content (AvgIpc) is 2.58. The Balaban J connectivity index is 2.50. The molecule has 0 aliphatic rings. The van der Waals surface area contributed by atoms with Gasteiger partial charge in [0.05, 0.1) is 12.2 Å². The Morgan fingerprint density at radius 2 is 1.43 bits per heavy atom. The number of carbonyl (C=O) groups excluding carboxylic acids is 2. The Labute approximate surface area is 164 Å². The second kappa shape index (κ2) is 12.1. The van der Waals surface area contributed by atoms with E-state index in [0.29, 0.717) is 38.8 Å². The van der Waals surface area contributed by atoms with E-state index in [0.717, 1.165) is 19.0 Å². The number of unbranched alkanes of at least 4 members (excludes halogenated alkanes) is 2. The number of rotatable bonds is 12. The van der Waals surface area contributed by atoms with E-state index in [1.54, 1.807) is 0 Å². The lowest BCUT2D eigenvalue weighted by atomic mass is 10.1. The summed E-state index contributed by atoms with van der Waals surface area (Å²) in [4.78, 5) is 46.2. The fourth-order valence-corrected chi connectivity index (χ4v) is 2.91. The van der Waals surface area contributed by atoms with Crippen molar-refractivity contribution in [2.75, 3.05) is 0 Å². The molecule has 0 radical (unpaired) electrons. The van der Waals surface area contributed by atoms with Crippen molar-refractivity contribution >= 4 is 11.9 Å². The molecule has 0 aromatic carbocycles. The van der Waals surface area contributed by atoms with Crippen LogP contribution >= 0.6 is 0 Å². The molecule has 0 amide bonds. The van der Waals surface area contributed by atoms with E-state index in [2.05, 4.69) is 5.10 Å². The molecule has 0 saturated carbocycles. The van der Waals surface area contributed by atoms with Crippen LogP contribution in [0.1, 0.15) is 66.2 Å². The van der Waals surface area contributed by atoms with Crippen LogP contribution < -0.4 is 11.2 Å². The molecule has 0 N–H and O–H groups in total. The standard InChI is InChI=1S/C19H31N3O6/c1-14(27-16(3)23)9-5-7-11-21-18(25)13-20-22(19(21)26)12-8-6-10-15(2)28-17(4)24/h13-15H,5-12H2,1-4H3/t14-,15-/m1/s1. The van der Waals surface area contributed by atoms with Gasteiger partial charge >= 0.3 is 17.6 Å². The number of aryl methyl sites for hydroxylation is 1. The van der Waals surface area contributed by atoms with Crippen molar-refractivity contribution in [3.8, 4) is 0 Å². The maximum atomic E-state index is 12.5. The highest BCUT2D eigenvalue weighted by molar-refractivity contribution is 5.66. The van der Waals surface area contributed by atoms with Crippen molar-refractivity contribution in [2.24, 2.45) is 0 Å². The monoisotopic (exact) mass is 397 g/mol. The Bertz CT molecular complexity index is 755. The highest BCUT2D eigenvalue weighted by atomic mass is 16.5. The number of hydrogen-bond acceptors (Lipinski definition) is 7. The number of ether oxygens (including phenoxy) is 2. The zero-order valence-electron chi connectivity index (χ0n) is 17.2. The van der Waals surface area contributed by atoms with Crippen molar-refractivity contribution in [1.82, 2.24) is 14.3 Å². The molecule has 0 fully saturated rings. The van der Waals surface area contributed by atoms with Crippen LogP contribution in [0.25, 0.3) is 0 Å². The van der Waals surface area contributed by atoms with Gasteiger partial charge in [0.15, 0.2) is 0 Å². The summed E-state index contributed by atoms with van der Waals surface area (Å²) >= 11 is 0. The molecule has 0 aliphatic heterocycles. The quantitative estimate of drug-likeness (QED) is 0.389. The third-order valence-corrected chi connectivity index (χ3v) is 4.23. The van der Waals surface area contributed by atoms with Gasteiger partial charge in [-0.1, -0.05) is 0 Å². The van der Waals surface area contributed by atoms with E-state index in [9.17, 15) is 19.2 Å². The van der Waals surface area contributed by atoms with Crippen LogP contribution in [0.2, 0.25) is 0 Å². The lowest BCUT2D eigenvalue weighted by Gasteiger charge is -2.13. The SMILES string of the molecule is CC(=O)O[C@H](C)CCCCn1ncc(=O)n(CCCC[C@@H](C)OC(C)=O)c1=O. The van der Waals surface area contributed by atoms with E-state index in [1.165, 1.54) is 23.1 Å². The zero-order chi connectivity index (χ0) is 21.1. The van der Waals surface area contributed by atoms with Gasteiger partial charge in [0.2, 0.25) is 0 Å². The first-order valence-corrected chi connectivity index (χ1v) is 9.72. The van der Waals surface area contributed by atoms with Crippen LogP contribution in [0.15, 0.2) is 15.8 Å². The number of hydrogen-bond donors (Lipinski definition) is 0. The summed E-state index contributed by atoms with van der Waals surface area (Å²) < 4.78 is 12.6. The first kappa shape index (κ1) is 23.6. The van der Waals surface area contributed by atoms with E-state index in [-0.39, 0.29) is 24.1 Å². The molecule has 1 aromatic heterocycles. The molecule has 0 saturated heterocycles. The van der Waals surface area contributed by atoms with Gasteiger partial charge < -0.3 is 9.47 Å². The predicted octanol–water partition coefficient (Wildman–Crippen LogP) is 1.65. The smallest absolute Gasteiger partial charge is 0.347 e. The lowest BCUT2D eigenvalue weighted by Crippen LogP contribution is -2.41. The summed E-state index contributed by atoms with van der Waals surface area (Å²) in [5.41, 5.74) is -0.841. The minimum atomic E-state index is -0.423. The van der Waals surface area contributed by atoms with Crippen molar-refractivity contribution < 1.29 is 19.1 Å². The largest absolute Gasteiger partial charge is 0.463 e. The molecule has 1 heterocycles. The van der Waals surface area contributed by atoms with Gasteiger partial charge in [0.1, 0.15) is 6.20 Å². The molecule has 28 heavy (non-hydrogen) atoms. The van der Waals surface area contributed by atoms with Crippen molar-refractivity contribution in [3.63, 3.8) is 0 Å². The molecule has 2 atom stereocenters. The summed E-state index contributed by atoms with van der Waals surface area (Å²) in [7, 11) is 0. The number of aromatic nitrogens is 3. The van der Waals surface area contributed by atoms with E-state index >= 15 is 0 Å². The maximum Gasteiger partial charge on any atom is 0.347 e. The normalized spacial score (nSPS) is 13.0. The second-order valence-corrected chi connectivity index (χ2v) is 6.97. The molecule has 9 nitrogen and oxygen atoms in total. The average molecular weight is 397 g/mol. The van der Waals surface area contributed by atoms with Gasteiger partial charge in [0.25, 0.3) is 5.56 Å². The van der Waals surface area contributed by atoms with Crippen molar-refractivity contribution in [3.05, 3.63) is 27.0 Å². The van der Waals surface area contributed by atoms with Crippen LogP contribution in [0, 0.1) is 0 Å². The van der Waals surface area contributed by atoms with E-state index in [4.69, 9.17) is 9.47 Å². The molecular formula is C19H31N3O6. The zero-order valence-corrected chi connectivity index (χ0v) is 17.2. The third kappa shape index (κ3) is 8.96. The molecule has 0 bridgehead atoms. The maximum absolute atomic E-state index is 12.5. The Kier molecular flexibility index (Phi) is 10.2. The van der Waals surface area contributed by atoms with Gasteiger partial charge in [0, 0.05) is 26.9 Å². The minimum absolute atomic E-state index is 0.162. The van der Waals surface area contributed by atoms with Crippen LogP contribution in [0.4, 0.5) is 0 Å². The summed E-state index contributed by atoms with van der Waals surface area (Å²) in [6, 6.07) is 0. The van der Waals surface area contributed by atoms with Gasteiger partial charge in [-0.2, -0.15) is 5.10 Å². The Morgan fingerprint density at radius 3 is 1.93 bits per heavy atom. The summed E-state index contributed by atoms with van der Waals surface area (Å²) in [6.45, 7) is 7.09. The van der Waals surface area contributed by atoms with Gasteiger partial charge in [-0.25, -0.2) is 9.48 Å². The first-order chi connectivity index (χ1) is 13.2. The van der Waals surface area contributed by atoms with Crippen molar-refractivity contribution in [2.45, 2.75) is 91.5 Å². The van der Waals surface area contributed by atoms with Crippen LogP contribution in [-0.2, 0) is 32.2 Å². The summed E-state index contributed by atoms with van der Waals surface area (Å²) in [5, 5.41) is 3.92. The first-order valence-electron chi connectivity index (χ1n) is 9.72. The molecule has 0 spiro atoms. The van der Waals surface area contributed by atoms with Crippen molar-refractivity contribution in [1.29, 1.82) is 0 Å². The topological polar surface area (TPSA) is 109 Å². The lowest BCUT2D eigenvalue weighted by molar-refractivity contribution is -0.146. The van der Waals surface area contributed by atoms with E-state index < -0.39 is 11.2 Å². The highest BCUT2D eigenvalue weighted by Gasteiger charge is 2.09. The van der Waals surface area contributed by atoms with Gasteiger partial charge in [-0.15, -0.1) is 0 Å². The van der Waals surface area contributed by atoms with Gasteiger partial charge in [-0.3, -0.25) is 19.0 Å². The Hall–Kier alpha value is -2.45. The number of esters is 2. The van der Waals surface area contributed by atoms with E-state index in [1.807, 2.05) is 13.8 Å². The molecule has 0 aliphatic carbocycles. The molecule has 9 heteroatoms. The molecular weight excluding hydrogens is 366 g/mol. The molecule has 1 rings (SSSR count). The highest BCUT2D eigenvalue weighted by Crippen LogP contribution is 2.06. The van der Waals surface area contributed by atoms with Gasteiger partial charge in [-0.05, 0) is 52.4 Å². The Morgan fingerprint density at radius 1 is 0.929 bits per heavy atom. The fourth-order valence-electron chi connectivity index (χ4n) is 2.91. The molecule has 1 aromatic rings. The van der Waals surface area contributed by atoms with Crippen LogP contribution in [0.5, 0.6) is 0 Å². The second-order valence-electron chi connectivity index (χ2n) is 6.97. The minimum Gasteiger partial charge on any atom is -0.463 e. The van der Waals surface area contributed by atoms with Crippen LogP contribution in [0.3, 0.4) is 0 Å². The number of carbonyl (C=O) groups is 2. The summed E-state index contributed by atoms with van der Waals surface area (Å²) in [5.74, 6) is -0.622. The fraction of sp³-hybridized carbons (Fsp3) is 0.737. The molecule has 158 valence electrons. The molecule has 0 unspecified atom stereocenters. The predicted molar refractivity (Wildman–Crippen MR) is 103 cm³/mol. The number of nitrogens with zero attached hydrogens (tertiary/aromatic N) is 3.